The topological polar surface area (TPSA) is 44.5 Å². The van der Waals surface area contributed by atoms with Gasteiger partial charge in [0.1, 0.15) is 0 Å². The molecule has 0 bridgehead atoms. The molecule has 90 valence electrons. The highest BCUT2D eigenvalue weighted by Crippen LogP contribution is 2.32. The van der Waals surface area contributed by atoms with Gasteiger partial charge in [-0.2, -0.15) is 0 Å². The molecular weight excluding hydrogens is 190 g/mol. The van der Waals surface area contributed by atoms with Gasteiger partial charge in [0.05, 0.1) is 13.2 Å². The summed E-state index contributed by atoms with van der Waals surface area (Å²) in [5.74, 6) is 1.54. The number of hydrogen-bond acceptors (Lipinski definition) is 3. The Morgan fingerprint density at radius 1 is 1.20 bits per heavy atom. The predicted octanol–water partition coefficient (Wildman–Crippen LogP) is 1.80. The lowest BCUT2D eigenvalue weighted by Crippen LogP contribution is -2.23. The van der Waals surface area contributed by atoms with Crippen molar-refractivity contribution >= 4 is 0 Å². The number of rotatable bonds is 8. The SMILES string of the molecule is COCCOCCC(CN)C1CCCC1. The predicted molar refractivity (Wildman–Crippen MR) is 61.8 cm³/mol. The summed E-state index contributed by atoms with van der Waals surface area (Å²) in [6.07, 6.45) is 6.65. The van der Waals surface area contributed by atoms with Crippen LogP contribution >= 0.6 is 0 Å². The van der Waals surface area contributed by atoms with Gasteiger partial charge in [-0.05, 0) is 24.8 Å². The standard InChI is InChI=1S/C12H25NO2/c1-14-8-9-15-7-6-12(10-13)11-4-2-3-5-11/h11-12H,2-10,13H2,1H3. The largest absolute Gasteiger partial charge is 0.382 e. The van der Waals surface area contributed by atoms with Crippen molar-refractivity contribution in [3.05, 3.63) is 0 Å². The smallest absolute Gasteiger partial charge is 0.0700 e. The van der Waals surface area contributed by atoms with Crippen LogP contribution in [0, 0.1) is 11.8 Å². The molecule has 15 heavy (non-hydrogen) atoms. The van der Waals surface area contributed by atoms with Gasteiger partial charge in [0.25, 0.3) is 0 Å². The summed E-state index contributed by atoms with van der Waals surface area (Å²) >= 11 is 0. The van der Waals surface area contributed by atoms with E-state index in [0.717, 1.165) is 25.5 Å². The lowest BCUT2D eigenvalue weighted by Gasteiger charge is -2.21. The fraction of sp³-hybridized carbons (Fsp3) is 1.00. The van der Waals surface area contributed by atoms with Gasteiger partial charge < -0.3 is 15.2 Å². The molecule has 0 aromatic rings. The molecule has 0 saturated heterocycles. The zero-order valence-electron chi connectivity index (χ0n) is 9.91. The Morgan fingerprint density at radius 3 is 2.53 bits per heavy atom. The fourth-order valence-electron chi connectivity index (χ4n) is 2.45. The summed E-state index contributed by atoms with van der Waals surface area (Å²) in [6, 6.07) is 0. The minimum atomic E-state index is 0.676. The molecule has 0 amide bonds. The summed E-state index contributed by atoms with van der Waals surface area (Å²) in [6.45, 7) is 3.05. The van der Waals surface area contributed by atoms with Gasteiger partial charge in [-0.1, -0.05) is 25.7 Å². The Hall–Kier alpha value is -0.120. The van der Waals surface area contributed by atoms with E-state index in [-0.39, 0.29) is 0 Å². The van der Waals surface area contributed by atoms with Crippen LogP contribution in [-0.2, 0) is 9.47 Å². The van der Waals surface area contributed by atoms with Crippen molar-refractivity contribution in [2.45, 2.75) is 32.1 Å². The first kappa shape index (κ1) is 12.9. The third kappa shape index (κ3) is 4.96. The van der Waals surface area contributed by atoms with Crippen molar-refractivity contribution < 1.29 is 9.47 Å². The molecule has 0 radical (unpaired) electrons. The van der Waals surface area contributed by atoms with E-state index in [1.165, 1.54) is 25.7 Å². The molecule has 1 atom stereocenters. The number of nitrogens with two attached hydrogens (primary N) is 1. The molecule has 2 N–H and O–H groups in total. The Kier molecular flexibility index (Phi) is 6.98. The van der Waals surface area contributed by atoms with Crippen molar-refractivity contribution in [1.82, 2.24) is 0 Å². The normalized spacial score (nSPS) is 19.6. The van der Waals surface area contributed by atoms with Gasteiger partial charge in [-0.25, -0.2) is 0 Å². The van der Waals surface area contributed by atoms with E-state index in [0.29, 0.717) is 19.1 Å². The monoisotopic (exact) mass is 215 g/mol. The van der Waals surface area contributed by atoms with Crippen LogP contribution < -0.4 is 5.73 Å². The molecule has 1 rings (SSSR count). The first-order valence-electron chi connectivity index (χ1n) is 6.15. The van der Waals surface area contributed by atoms with E-state index in [1.54, 1.807) is 7.11 Å². The number of ether oxygens (including phenoxy) is 2. The first-order valence-corrected chi connectivity index (χ1v) is 6.15. The second-order valence-corrected chi connectivity index (χ2v) is 4.43. The number of methoxy groups -OCH3 is 1. The maximum atomic E-state index is 5.81. The maximum Gasteiger partial charge on any atom is 0.0700 e. The van der Waals surface area contributed by atoms with Gasteiger partial charge in [0, 0.05) is 13.7 Å². The summed E-state index contributed by atoms with van der Waals surface area (Å²) in [5, 5.41) is 0. The van der Waals surface area contributed by atoms with E-state index < -0.39 is 0 Å². The van der Waals surface area contributed by atoms with Crippen LogP contribution in [0.25, 0.3) is 0 Å². The minimum absolute atomic E-state index is 0.676. The molecule has 0 aliphatic heterocycles. The Morgan fingerprint density at radius 2 is 1.93 bits per heavy atom. The lowest BCUT2D eigenvalue weighted by molar-refractivity contribution is 0.0602. The molecule has 0 heterocycles. The van der Waals surface area contributed by atoms with Crippen LogP contribution in [0.2, 0.25) is 0 Å². The molecule has 0 spiro atoms. The van der Waals surface area contributed by atoms with E-state index >= 15 is 0 Å². The van der Waals surface area contributed by atoms with E-state index in [2.05, 4.69) is 0 Å². The highest BCUT2D eigenvalue weighted by Gasteiger charge is 2.23. The summed E-state index contributed by atoms with van der Waals surface area (Å²) in [5.41, 5.74) is 5.81. The third-order valence-corrected chi connectivity index (χ3v) is 3.43. The fourth-order valence-corrected chi connectivity index (χ4v) is 2.45. The van der Waals surface area contributed by atoms with Crippen molar-refractivity contribution in [1.29, 1.82) is 0 Å². The minimum Gasteiger partial charge on any atom is -0.382 e. The zero-order chi connectivity index (χ0) is 10.9. The summed E-state index contributed by atoms with van der Waals surface area (Å²) in [4.78, 5) is 0. The Balaban J connectivity index is 2.05. The molecule has 0 aromatic carbocycles. The molecule has 1 saturated carbocycles. The van der Waals surface area contributed by atoms with Crippen LogP contribution in [0.15, 0.2) is 0 Å². The molecule has 1 fully saturated rings. The highest BCUT2D eigenvalue weighted by atomic mass is 16.5. The molecular formula is C12H25NO2. The van der Waals surface area contributed by atoms with E-state index in [1.807, 2.05) is 0 Å². The van der Waals surface area contributed by atoms with Crippen molar-refractivity contribution in [3.63, 3.8) is 0 Å². The van der Waals surface area contributed by atoms with Crippen molar-refractivity contribution in [3.8, 4) is 0 Å². The zero-order valence-corrected chi connectivity index (χ0v) is 9.91. The van der Waals surface area contributed by atoms with Crippen LogP contribution in [0.5, 0.6) is 0 Å². The van der Waals surface area contributed by atoms with Crippen molar-refractivity contribution in [2.24, 2.45) is 17.6 Å². The second kappa shape index (κ2) is 8.08. The van der Waals surface area contributed by atoms with E-state index in [9.17, 15) is 0 Å². The van der Waals surface area contributed by atoms with Crippen LogP contribution in [0.4, 0.5) is 0 Å². The van der Waals surface area contributed by atoms with Crippen molar-refractivity contribution in [2.75, 3.05) is 33.5 Å². The number of hydrogen-bond donors (Lipinski definition) is 1. The summed E-state index contributed by atoms with van der Waals surface area (Å²) in [7, 11) is 1.70. The molecule has 3 nitrogen and oxygen atoms in total. The second-order valence-electron chi connectivity index (χ2n) is 4.43. The van der Waals surface area contributed by atoms with E-state index in [4.69, 9.17) is 15.2 Å². The average Bonchev–Trinajstić information content (AvgIpc) is 2.77. The molecule has 1 aliphatic carbocycles. The third-order valence-electron chi connectivity index (χ3n) is 3.43. The molecule has 1 aliphatic rings. The quantitative estimate of drug-likeness (QED) is 0.628. The summed E-state index contributed by atoms with van der Waals surface area (Å²) < 4.78 is 10.4. The molecule has 0 aromatic heterocycles. The van der Waals surface area contributed by atoms with Crippen LogP contribution in [-0.4, -0.2) is 33.5 Å². The highest BCUT2D eigenvalue weighted by molar-refractivity contribution is 4.75. The maximum absolute atomic E-state index is 5.81. The van der Waals surface area contributed by atoms with Gasteiger partial charge in [0.2, 0.25) is 0 Å². The Bertz CT molecular complexity index is 147. The molecule has 1 unspecified atom stereocenters. The molecule has 3 heteroatoms. The lowest BCUT2D eigenvalue weighted by atomic mass is 9.88. The van der Waals surface area contributed by atoms with Gasteiger partial charge in [-0.3, -0.25) is 0 Å². The van der Waals surface area contributed by atoms with Gasteiger partial charge >= 0.3 is 0 Å². The van der Waals surface area contributed by atoms with Crippen LogP contribution in [0.1, 0.15) is 32.1 Å². The first-order chi connectivity index (χ1) is 7.38. The van der Waals surface area contributed by atoms with Crippen LogP contribution in [0.3, 0.4) is 0 Å². The van der Waals surface area contributed by atoms with Gasteiger partial charge in [0.15, 0.2) is 0 Å². The Labute approximate surface area is 93.3 Å². The average molecular weight is 215 g/mol. The van der Waals surface area contributed by atoms with Gasteiger partial charge in [-0.15, -0.1) is 0 Å².